The number of carbonyl (C=O) groups excluding carboxylic acids is 1. The highest BCUT2D eigenvalue weighted by Crippen LogP contribution is 2.18. The van der Waals surface area contributed by atoms with Crippen LogP contribution in [-0.2, 0) is 14.8 Å². The second-order valence-corrected chi connectivity index (χ2v) is 8.93. The summed E-state index contributed by atoms with van der Waals surface area (Å²) in [7, 11) is -3.41. The Kier molecular flexibility index (Phi) is 7.86. The maximum atomic E-state index is 12.7. The summed E-state index contributed by atoms with van der Waals surface area (Å²) in [6, 6.07) is 6.97. The molecule has 0 spiro atoms. The van der Waals surface area contributed by atoms with Gasteiger partial charge in [-0.15, -0.1) is 0 Å². The van der Waals surface area contributed by atoms with Gasteiger partial charge in [0.2, 0.25) is 15.9 Å². The third-order valence-corrected chi connectivity index (χ3v) is 6.75. The average Bonchev–Trinajstić information content (AvgIpc) is 2.61. The minimum absolute atomic E-state index is 0.0695. The van der Waals surface area contributed by atoms with E-state index >= 15 is 0 Å². The second-order valence-electron chi connectivity index (χ2n) is 6.20. The molecule has 1 aliphatic heterocycles. The Bertz CT molecular complexity index is 656. The molecule has 25 heavy (non-hydrogen) atoms. The molecule has 1 N–H and O–H groups in total. The third kappa shape index (κ3) is 6.06. The quantitative estimate of drug-likeness (QED) is 0.634. The van der Waals surface area contributed by atoms with Gasteiger partial charge in [-0.25, -0.2) is 8.42 Å². The molecule has 1 amide bonds. The number of piperazine rings is 1. The zero-order valence-electron chi connectivity index (χ0n) is 14.6. The van der Waals surface area contributed by atoms with Crippen LogP contribution < -0.4 is 5.32 Å². The van der Waals surface area contributed by atoms with E-state index < -0.39 is 10.0 Å². The Balaban J connectivity index is 1.77. The first-order valence-electron chi connectivity index (χ1n) is 8.55. The summed E-state index contributed by atoms with van der Waals surface area (Å²) >= 11 is 3.31. The fraction of sp³-hybridized carbons (Fsp3) is 0.588. The average molecular weight is 432 g/mol. The molecule has 0 aliphatic carbocycles. The van der Waals surface area contributed by atoms with Crippen molar-refractivity contribution in [1.82, 2.24) is 14.5 Å². The lowest BCUT2D eigenvalue weighted by Gasteiger charge is -2.34. The van der Waals surface area contributed by atoms with Crippen LogP contribution in [0.1, 0.15) is 18.4 Å². The van der Waals surface area contributed by atoms with Crippen molar-refractivity contribution in [2.24, 2.45) is 0 Å². The number of halogens is 1. The Morgan fingerprint density at radius 2 is 1.80 bits per heavy atom. The van der Waals surface area contributed by atoms with Crippen LogP contribution in [0.2, 0.25) is 0 Å². The standard InChI is InChI=1S/C17H26BrN3O3S/c1-15-4-6-16(7-5-15)25(23,24)21-13-11-20(12-14-21)10-9-19-17(22)3-2-8-18/h4-7H,2-3,8-14H2,1H3,(H,19,22). The molecule has 140 valence electrons. The number of nitrogens with zero attached hydrogens (tertiary/aromatic N) is 2. The minimum Gasteiger partial charge on any atom is -0.355 e. The summed E-state index contributed by atoms with van der Waals surface area (Å²) in [4.78, 5) is 14.1. The van der Waals surface area contributed by atoms with Crippen LogP contribution in [0.25, 0.3) is 0 Å². The van der Waals surface area contributed by atoms with Crippen LogP contribution in [-0.4, -0.2) is 68.1 Å². The zero-order chi connectivity index (χ0) is 18.3. The molecule has 6 nitrogen and oxygen atoms in total. The molecule has 0 unspecified atom stereocenters. The Morgan fingerprint density at radius 3 is 2.40 bits per heavy atom. The van der Waals surface area contributed by atoms with E-state index in [2.05, 4.69) is 26.1 Å². The number of hydrogen-bond donors (Lipinski definition) is 1. The van der Waals surface area contributed by atoms with Crippen molar-refractivity contribution < 1.29 is 13.2 Å². The highest BCUT2D eigenvalue weighted by molar-refractivity contribution is 9.09. The molecule has 0 atom stereocenters. The Labute approximate surface area is 158 Å². The van der Waals surface area contributed by atoms with Gasteiger partial charge >= 0.3 is 0 Å². The number of alkyl halides is 1. The van der Waals surface area contributed by atoms with Crippen molar-refractivity contribution in [1.29, 1.82) is 0 Å². The number of nitrogens with one attached hydrogen (secondary N) is 1. The maximum absolute atomic E-state index is 12.7. The number of aryl methyl sites for hydroxylation is 1. The molecule has 0 aromatic heterocycles. The fourth-order valence-electron chi connectivity index (χ4n) is 2.72. The molecule has 1 fully saturated rings. The first-order valence-corrected chi connectivity index (χ1v) is 11.1. The van der Waals surface area contributed by atoms with Crippen LogP contribution in [0.15, 0.2) is 29.2 Å². The summed E-state index contributed by atoms with van der Waals surface area (Å²) in [5, 5.41) is 3.74. The van der Waals surface area contributed by atoms with Crippen LogP contribution in [0, 0.1) is 6.92 Å². The van der Waals surface area contributed by atoms with Gasteiger partial charge in [-0.1, -0.05) is 33.6 Å². The van der Waals surface area contributed by atoms with E-state index in [0.29, 0.717) is 44.0 Å². The molecule has 1 aromatic rings. The molecule has 1 heterocycles. The molecule has 1 aliphatic rings. The van der Waals surface area contributed by atoms with Gasteiger partial charge in [-0.3, -0.25) is 9.69 Å². The lowest BCUT2D eigenvalue weighted by Crippen LogP contribution is -2.50. The van der Waals surface area contributed by atoms with Crippen LogP contribution in [0.5, 0.6) is 0 Å². The SMILES string of the molecule is Cc1ccc(S(=O)(=O)N2CCN(CCNC(=O)CCCBr)CC2)cc1. The highest BCUT2D eigenvalue weighted by atomic mass is 79.9. The third-order valence-electron chi connectivity index (χ3n) is 4.28. The van der Waals surface area contributed by atoms with E-state index in [1.54, 1.807) is 16.4 Å². The van der Waals surface area contributed by atoms with Crippen molar-refractivity contribution in [3.05, 3.63) is 29.8 Å². The van der Waals surface area contributed by atoms with Crippen molar-refractivity contribution in [3.63, 3.8) is 0 Å². The van der Waals surface area contributed by atoms with E-state index in [1.807, 2.05) is 19.1 Å². The summed E-state index contributed by atoms with van der Waals surface area (Å²) in [6.45, 7) is 5.62. The summed E-state index contributed by atoms with van der Waals surface area (Å²) in [5.74, 6) is 0.0695. The van der Waals surface area contributed by atoms with Gasteiger partial charge in [0.05, 0.1) is 4.90 Å². The number of rotatable bonds is 8. The molecule has 1 aromatic carbocycles. The lowest BCUT2D eigenvalue weighted by atomic mass is 10.2. The first kappa shape index (κ1) is 20.4. The number of amides is 1. The number of hydrogen-bond acceptors (Lipinski definition) is 4. The van der Waals surface area contributed by atoms with Crippen molar-refractivity contribution >= 4 is 31.9 Å². The fourth-order valence-corrected chi connectivity index (χ4v) is 4.42. The van der Waals surface area contributed by atoms with E-state index in [-0.39, 0.29) is 5.91 Å². The molecule has 0 saturated carbocycles. The normalized spacial score (nSPS) is 16.7. The van der Waals surface area contributed by atoms with Crippen LogP contribution >= 0.6 is 15.9 Å². The topological polar surface area (TPSA) is 69.7 Å². The monoisotopic (exact) mass is 431 g/mol. The number of sulfonamides is 1. The van der Waals surface area contributed by atoms with Gasteiger partial charge in [0.25, 0.3) is 0 Å². The summed E-state index contributed by atoms with van der Waals surface area (Å²) in [6.07, 6.45) is 1.37. The van der Waals surface area contributed by atoms with Crippen molar-refractivity contribution in [2.75, 3.05) is 44.6 Å². The van der Waals surface area contributed by atoms with Crippen molar-refractivity contribution in [2.45, 2.75) is 24.7 Å². The van der Waals surface area contributed by atoms with E-state index in [0.717, 1.165) is 23.9 Å². The number of benzene rings is 1. The van der Waals surface area contributed by atoms with E-state index in [9.17, 15) is 13.2 Å². The van der Waals surface area contributed by atoms with Gasteiger partial charge in [0, 0.05) is 51.0 Å². The Hall–Kier alpha value is -0.960. The minimum atomic E-state index is -3.41. The van der Waals surface area contributed by atoms with Gasteiger partial charge in [0.15, 0.2) is 0 Å². The lowest BCUT2D eigenvalue weighted by molar-refractivity contribution is -0.121. The summed E-state index contributed by atoms with van der Waals surface area (Å²) < 4.78 is 26.9. The molecule has 0 bridgehead atoms. The van der Waals surface area contributed by atoms with E-state index in [1.165, 1.54) is 0 Å². The first-order chi connectivity index (χ1) is 11.9. The molecule has 0 radical (unpaired) electrons. The largest absolute Gasteiger partial charge is 0.355 e. The van der Waals surface area contributed by atoms with Gasteiger partial charge < -0.3 is 5.32 Å². The predicted molar refractivity (Wildman–Crippen MR) is 102 cm³/mol. The van der Waals surface area contributed by atoms with Gasteiger partial charge in [-0.05, 0) is 25.5 Å². The van der Waals surface area contributed by atoms with Gasteiger partial charge in [-0.2, -0.15) is 4.31 Å². The van der Waals surface area contributed by atoms with E-state index in [4.69, 9.17) is 0 Å². The molecular formula is C17H26BrN3O3S. The van der Waals surface area contributed by atoms with Crippen LogP contribution in [0.4, 0.5) is 0 Å². The molecule has 1 saturated heterocycles. The van der Waals surface area contributed by atoms with Gasteiger partial charge in [0.1, 0.15) is 0 Å². The maximum Gasteiger partial charge on any atom is 0.243 e. The molecular weight excluding hydrogens is 406 g/mol. The number of carbonyl (C=O) groups is 1. The molecule has 2 rings (SSSR count). The zero-order valence-corrected chi connectivity index (χ0v) is 17.0. The smallest absolute Gasteiger partial charge is 0.243 e. The van der Waals surface area contributed by atoms with Crippen LogP contribution in [0.3, 0.4) is 0 Å². The highest BCUT2D eigenvalue weighted by Gasteiger charge is 2.28. The molecule has 8 heteroatoms. The Morgan fingerprint density at radius 1 is 1.16 bits per heavy atom. The van der Waals surface area contributed by atoms with Crippen molar-refractivity contribution in [3.8, 4) is 0 Å². The predicted octanol–water partition coefficient (Wildman–Crippen LogP) is 1.59. The summed E-state index contributed by atoms with van der Waals surface area (Å²) in [5.41, 5.74) is 1.04. The second kappa shape index (κ2) is 9.66.